The van der Waals surface area contributed by atoms with Crippen LogP contribution in [0.4, 0.5) is 0 Å². The zero-order valence-electron chi connectivity index (χ0n) is 17.6. The predicted octanol–water partition coefficient (Wildman–Crippen LogP) is 1.37. The molecule has 1 fully saturated rings. The molecule has 12 heteroatoms. The van der Waals surface area contributed by atoms with Crippen molar-refractivity contribution in [2.45, 2.75) is 4.90 Å². The Morgan fingerprint density at radius 3 is 2.42 bits per heavy atom. The third-order valence-electron chi connectivity index (χ3n) is 4.81. The van der Waals surface area contributed by atoms with Crippen LogP contribution in [0.25, 0.3) is 0 Å². The third-order valence-corrected chi connectivity index (χ3v) is 7.25. The highest BCUT2D eigenvalue weighted by Crippen LogP contribution is 2.20. The second kappa shape index (κ2) is 11.4. The van der Waals surface area contributed by atoms with E-state index >= 15 is 0 Å². The molecular formula is C21H23BrN4O6S. The number of nitrogens with zero attached hydrogens (tertiary/aromatic N) is 3. The fourth-order valence-corrected chi connectivity index (χ4v) is 4.84. The number of para-hydroxylation sites is 1. The lowest BCUT2D eigenvalue weighted by molar-refractivity contribution is -0.139. The van der Waals surface area contributed by atoms with E-state index in [9.17, 15) is 18.0 Å². The van der Waals surface area contributed by atoms with Crippen LogP contribution in [-0.4, -0.2) is 80.2 Å². The van der Waals surface area contributed by atoms with E-state index in [0.717, 1.165) is 4.47 Å². The Labute approximate surface area is 200 Å². The van der Waals surface area contributed by atoms with Crippen LogP contribution in [-0.2, 0) is 19.6 Å². The molecule has 1 aliphatic rings. The zero-order chi connectivity index (χ0) is 23.8. The lowest BCUT2D eigenvalue weighted by atomic mass is 10.2. The van der Waals surface area contributed by atoms with Gasteiger partial charge in [0.2, 0.25) is 10.0 Å². The fourth-order valence-electron chi connectivity index (χ4n) is 3.15. The van der Waals surface area contributed by atoms with E-state index in [2.05, 4.69) is 26.5 Å². The summed E-state index contributed by atoms with van der Waals surface area (Å²) in [5, 5.41) is 12.6. The van der Waals surface area contributed by atoms with Crippen LogP contribution in [0.1, 0.15) is 5.56 Å². The Balaban J connectivity index is 1.48. The van der Waals surface area contributed by atoms with Crippen molar-refractivity contribution in [1.29, 1.82) is 0 Å². The lowest BCUT2D eigenvalue weighted by Crippen LogP contribution is -2.50. The molecular weight excluding hydrogens is 516 g/mol. The minimum atomic E-state index is -3.58. The number of carbonyl (C=O) groups is 2. The molecule has 0 saturated carbocycles. The highest BCUT2D eigenvalue weighted by molar-refractivity contribution is 9.10. The SMILES string of the molecule is O=C(O)COc1ccccc1/C=N\NC(=O)CN1CCN(S(=O)(=O)c2ccc(Br)cc2)CC1. The quantitative estimate of drug-likeness (QED) is 0.364. The summed E-state index contributed by atoms with van der Waals surface area (Å²) in [5.74, 6) is -1.11. The van der Waals surface area contributed by atoms with Crippen molar-refractivity contribution >= 4 is 44.0 Å². The predicted molar refractivity (Wildman–Crippen MR) is 125 cm³/mol. The second-order valence-electron chi connectivity index (χ2n) is 7.15. The molecule has 176 valence electrons. The number of aliphatic carboxylic acids is 1. The van der Waals surface area contributed by atoms with Gasteiger partial charge in [-0.2, -0.15) is 9.41 Å². The highest BCUT2D eigenvalue weighted by Gasteiger charge is 2.28. The van der Waals surface area contributed by atoms with Gasteiger partial charge in [0.1, 0.15) is 5.75 Å². The molecule has 3 rings (SSSR count). The number of hydrogen-bond acceptors (Lipinski definition) is 7. The van der Waals surface area contributed by atoms with Crippen molar-refractivity contribution < 1.29 is 27.9 Å². The summed E-state index contributed by atoms with van der Waals surface area (Å²) in [5.41, 5.74) is 2.94. The molecule has 1 saturated heterocycles. The third kappa shape index (κ3) is 7.09. The van der Waals surface area contributed by atoms with Crippen LogP contribution in [0.2, 0.25) is 0 Å². The van der Waals surface area contributed by atoms with Crippen LogP contribution in [0, 0.1) is 0 Å². The molecule has 0 aliphatic carbocycles. The molecule has 0 radical (unpaired) electrons. The molecule has 33 heavy (non-hydrogen) atoms. The number of rotatable bonds is 9. The van der Waals surface area contributed by atoms with Gasteiger partial charge in [-0.1, -0.05) is 28.1 Å². The molecule has 1 amide bonds. The standard InChI is InChI=1S/C21H23BrN4O6S/c22-17-5-7-18(8-6-17)33(30,31)26-11-9-25(10-12-26)14-20(27)24-23-13-16-3-1-2-4-19(16)32-15-21(28)29/h1-8,13H,9-12,14-15H2,(H,24,27)(H,28,29)/b23-13-. The van der Waals surface area contributed by atoms with Gasteiger partial charge in [-0.3, -0.25) is 9.69 Å². The first-order valence-electron chi connectivity index (χ1n) is 9.99. The molecule has 2 aromatic rings. The number of carboxylic acid groups (broad SMARTS) is 1. The molecule has 2 aromatic carbocycles. The number of ether oxygens (including phenoxy) is 1. The number of benzene rings is 2. The van der Waals surface area contributed by atoms with Gasteiger partial charge in [0.05, 0.1) is 17.7 Å². The summed E-state index contributed by atoms with van der Waals surface area (Å²) >= 11 is 3.30. The molecule has 0 aromatic heterocycles. The molecule has 10 nitrogen and oxygen atoms in total. The first-order valence-corrected chi connectivity index (χ1v) is 12.2. The van der Waals surface area contributed by atoms with Crippen molar-refractivity contribution in [2.75, 3.05) is 39.3 Å². The van der Waals surface area contributed by atoms with Gasteiger partial charge in [-0.05, 0) is 36.4 Å². The topological polar surface area (TPSA) is 129 Å². The normalized spacial score (nSPS) is 15.4. The summed E-state index contributed by atoms with van der Waals surface area (Å²) < 4.78 is 32.9. The summed E-state index contributed by atoms with van der Waals surface area (Å²) in [6.07, 6.45) is 1.37. The van der Waals surface area contributed by atoms with Gasteiger partial charge in [0.15, 0.2) is 6.61 Å². The minimum absolute atomic E-state index is 0.0701. The lowest BCUT2D eigenvalue weighted by Gasteiger charge is -2.33. The average Bonchev–Trinajstić information content (AvgIpc) is 2.79. The highest BCUT2D eigenvalue weighted by atomic mass is 79.9. The van der Waals surface area contributed by atoms with Gasteiger partial charge < -0.3 is 9.84 Å². The molecule has 0 atom stereocenters. The van der Waals surface area contributed by atoms with Gasteiger partial charge >= 0.3 is 5.97 Å². The molecule has 0 unspecified atom stereocenters. The van der Waals surface area contributed by atoms with Crippen LogP contribution in [0.15, 0.2) is 63.0 Å². The Kier molecular flexibility index (Phi) is 8.55. The summed E-state index contributed by atoms with van der Waals surface area (Å²) in [6.45, 7) is 0.978. The number of amides is 1. The maximum atomic E-state index is 12.8. The number of carbonyl (C=O) groups excluding carboxylic acids is 1. The van der Waals surface area contributed by atoms with E-state index in [1.54, 1.807) is 48.5 Å². The number of nitrogens with one attached hydrogen (secondary N) is 1. The van der Waals surface area contributed by atoms with E-state index in [1.807, 2.05) is 4.90 Å². The van der Waals surface area contributed by atoms with Gasteiger partial charge in [-0.25, -0.2) is 18.6 Å². The van der Waals surface area contributed by atoms with Crippen molar-refractivity contribution in [3.05, 3.63) is 58.6 Å². The van der Waals surface area contributed by atoms with E-state index in [1.165, 1.54) is 10.5 Å². The van der Waals surface area contributed by atoms with Crippen LogP contribution in [0.3, 0.4) is 0 Å². The fraction of sp³-hybridized carbons (Fsp3) is 0.286. The molecule has 0 bridgehead atoms. The summed E-state index contributed by atoms with van der Waals surface area (Å²) in [4.78, 5) is 25.0. The number of sulfonamides is 1. The Bertz CT molecular complexity index is 1120. The average molecular weight is 539 g/mol. The molecule has 0 spiro atoms. The van der Waals surface area contributed by atoms with E-state index in [-0.39, 0.29) is 30.4 Å². The number of carboxylic acids is 1. The second-order valence-corrected chi connectivity index (χ2v) is 10.0. The minimum Gasteiger partial charge on any atom is -0.481 e. The molecule has 2 N–H and O–H groups in total. The monoisotopic (exact) mass is 538 g/mol. The smallest absolute Gasteiger partial charge is 0.341 e. The Morgan fingerprint density at radius 1 is 1.09 bits per heavy atom. The maximum Gasteiger partial charge on any atom is 0.341 e. The Hall–Kier alpha value is -2.80. The van der Waals surface area contributed by atoms with Crippen molar-refractivity contribution in [1.82, 2.24) is 14.6 Å². The van der Waals surface area contributed by atoms with Crippen LogP contribution in [0.5, 0.6) is 5.75 Å². The number of hydrogen-bond donors (Lipinski definition) is 2. The number of piperazine rings is 1. The number of hydrazone groups is 1. The Morgan fingerprint density at radius 2 is 1.76 bits per heavy atom. The molecule has 1 heterocycles. The van der Waals surface area contributed by atoms with E-state index in [4.69, 9.17) is 9.84 Å². The summed E-state index contributed by atoms with van der Waals surface area (Å²) in [7, 11) is -3.58. The van der Waals surface area contributed by atoms with Gasteiger partial charge in [0, 0.05) is 36.2 Å². The maximum absolute atomic E-state index is 12.8. The number of halogens is 1. The van der Waals surface area contributed by atoms with E-state index < -0.39 is 22.6 Å². The first kappa shape index (κ1) is 24.8. The van der Waals surface area contributed by atoms with Crippen molar-refractivity contribution in [3.63, 3.8) is 0 Å². The first-order chi connectivity index (χ1) is 15.8. The summed E-state index contributed by atoms with van der Waals surface area (Å²) in [6, 6.07) is 13.2. The van der Waals surface area contributed by atoms with Gasteiger partial charge in [0.25, 0.3) is 5.91 Å². The van der Waals surface area contributed by atoms with Crippen molar-refractivity contribution in [3.8, 4) is 5.75 Å². The zero-order valence-corrected chi connectivity index (χ0v) is 20.0. The van der Waals surface area contributed by atoms with E-state index in [0.29, 0.717) is 24.4 Å². The van der Waals surface area contributed by atoms with Crippen LogP contribution < -0.4 is 10.2 Å². The van der Waals surface area contributed by atoms with Crippen LogP contribution >= 0.6 is 15.9 Å². The van der Waals surface area contributed by atoms with Crippen molar-refractivity contribution in [2.24, 2.45) is 5.10 Å². The molecule has 1 aliphatic heterocycles. The largest absolute Gasteiger partial charge is 0.481 e. The van der Waals surface area contributed by atoms with Gasteiger partial charge in [-0.15, -0.1) is 0 Å².